The molecule has 3 aromatic rings. The molecule has 1 aromatic carbocycles. The van der Waals surface area contributed by atoms with Crippen LogP contribution in [0.3, 0.4) is 0 Å². The summed E-state index contributed by atoms with van der Waals surface area (Å²) in [5.41, 5.74) is 3.34. The fourth-order valence-electron chi connectivity index (χ4n) is 5.66. The highest BCUT2D eigenvalue weighted by molar-refractivity contribution is 7.13. The van der Waals surface area contributed by atoms with Crippen molar-refractivity contribution in [2.45, 2.75) is 64.2 Å². The van der Waals surface area contributed by atoms with Crippen molar-refractivity contribution in [1.82, 2.24) is 24.9 Å². The van der Waals surface area contributed by atoms with Gasteiger partial charge in [-0.2, -0.15) is 0 Å². The summed E-state index contributed by atoms with van der Waals surface area (Å²) in [6.07, 6.45) is 8.09. The predicted octanol–water partition coefficient (Wildman–Crippen LogP) is 5.33. The summed E-state index contributed by atoms with van der Waals surface area (Å²) in [5.74, 6) is -1.49. The maximum absolute atomic E-state index is 13.1. The molecule has 0 bridgehead atoms. The van der Waals surface area contributed by atoms with E-state index in [1.54, 1.807) is 4.68 Å². The van der Waals surface area contributed by atoms with Crippen molar-refractivity contribution in [2.24, 2.45) is 18.9 Å². The molecule has 0 amide bonds. The number of hydrogen-bond donors (Lipinski definition) is 0. The molecule has 10 heteroatoms. The highest BCUT2D eigenvalue weighted by Gasteiger charge is 2.27. The van der Waals surface area contributed by atoms with E-state index in [4.69, 9.17) is 4.74 Å². The molecule has 0 spiro atoms. The normalized spacial score (nSPS) is 21.1. The van der Waals surface area contributed by atoms with Gasteiger partial charge in [-0.05, 0) is 56.2 Å². The van der Waals surface area contributed by atoms with E-state index in [1.807, 2.05) is 25.2 Å². The van der Waals surface area contributed by atoms with Crippen LogP contribution in [0.2, 0.25) is 0 Å². The molecular formula is C27H35F2N5O2S. The lowest BCUT2D eigenvalue weighted by Gasteiger charge is -2.30. The molecule has 1 aliphatic heterocycles. The highest BCUT2D eigenvalue weighted by Crippen LogP contribution is 2.34. The molecule has 0 saturated heterocycles. The largest absolute Gasteiger partial charge is 0.464 e. The maximum atomic E-state index is 13.1. The molecule has 1 saturated carbocycles. The average molecular weight is 532 g/mol. The van der Waals surface area contributed by atoms with Gasteiger partial charge in [-0.1, -0.05) is 35.5 Å². The number of ether oxygens (including phenoxy) is 1. The topological polar surface area (TPSA) is 73.1 Å². The van der Waals surface area contributed by atoms with Crippen LogP contribution in [-0.4, -0.2) is 62.8 Å². The monoisotopic (exact) mass is 531 g/mol. The number of Topliss-reactive ketones (excluding diaryl/α,β-unsaturated/α-hetero) is 1. The Hall–Kier alpha value is -2.46. The van der Waals surface area contributed by atoms with Crippen molar-refractivity contribution < 1.29 is 18.3 Å². The number of halogens is 2. The minimum atomic E-state index is -2.85. The Bertz CT molecular complexity index is 1200. The van der Waals surface area contributed by atoms with Crippen molar-refractivity contribution >= 4 is 28.2 Å². The molecule has 3 heterocycles. The number of benzene rings is 1. The zero-order valence-corrected chi connectivity index (χ0v) is 22.4. The Morgan fingerprint density at radius 2 is 1.92 bits per heavy atom. The van der Waals surface area contributed by atoms with Crippen molar-refractivity contribution in [3.63, 3.8) is 0 Å². The molecule has 1 aliphatic carbocycles. The Morgan fingerprint density at radius 3 is 2.70 bits per heavy atom. The number of thiazole rings is 1. The number of ketones is 1. The van der Waals surface area contributed by atoms with E-state index in [0.717, 1.165) is 74.5 Å². The number of fused-ring (bicyclic) bond motifs is 2. The minimum absolute atomic E-state index is 0.196. The third-order valence-electron chi connectivity index (χ3n) is 7.75. The Labute approximate surface area is 220 Å². The first-order valence-corrected chi connectivity index (χ1v) is 14.1. The SMILES string of the molecule is Cn1nnc2cccc(C(=O)CC3CCC(CCN4CCc5nc(OCC(C)(F)F)sc5CC4)CC3)c21. The molecule has 2 aromatic heterocycles. The van der Waals surface area contributed by atoms with Gasteiger partial charge in [-0.15, -0.1) is 5.10 Å². The number of nitrogens with zero attached hydrogens (tertiary/aromatic N) is 5. The van der Waals surface area contributed by atoms with E-state index in [0.29, 0.717) is 23.5 Å². The van der Waals surface area contributed by atoms with Gasteiger partial charge in [0.1, 0.15) is 5.52 Å². The second-order valence-electron chi connectivity index (χ2n) is 10.7. The molecule has 0 atom stereocenters. The molecule has 7 nitrogen and oxygen atoms in total. The second-order valence-corrected chi connectivity index (χ2v) is 11.8. The number of aromatic nitrogens is 4. The van der Waals surface area contributed by atoms with Crippen LogP contribution in [0.1, 0.15) is 66.4 Å². The molecule has 0 unspecified atom stereocenters. The first-order chi connectivity index (χ1) is 17.7. The maximum Gasteiger partial charge on any atom is 0.278 e. The van der Waals surface area contributed by atoms with Gasteiger partial charge < -0.3 is 9.64 Å². The van der Waals surface area contributed by atoms with Gasteiger partial charge in [0.05, 0.1) is 11.2 Å². The molecule has 1 fully saturated rings. The van der Waals surface area contributed by atoms with E-state index in [9.17, 15) is 13.6 Å². The van der Waals surface area contributed by atoms with Gasteiger partial charge in [0.2, 0.25) is 0 Å². The number of alkyl halides is 2. The van der Waals surface area contributed by atoms with E-state index in [-0.39, 0.29) is 5.78 Å². The lowest BCUT2D eigenvalue weighted by atomic mass is 9.78. The molecular weight excluding hydrogens is 496 g/mol. The van der Waals surface area contributed by atoms with Gasteiger partial charge in [-0.25, -0.2) is 18.4 Å². The Kier molecular flexibility index (Phi) is 7.85. The van der Waals surface area contributed by atoms with Crippen molar-refractivity contribution in [3.05, 3.63) is 34.3 Å². The quantitative estimate of drug-likeness (QED) is 0.348. The van der Waals surface area contributed by atoms with Crippen LogP contribution in [0.5, 0.6) is 5.19 Å². The van der Waals surface area contributed by atoms with Crippen LogP contribution in [0.25, 0.3) is 11.0 Å². The zero-order valence-electron chi connectivity index (χ0n) is 21.6. The molecule has 0 radical (unpaired) electrons. The highest BCUT2D eigenvalue weighted by atomic mass is 32.1. The zero-order chi connectivity index (χ0) is 26.0. The third-order valence-corrected chi connectivity index (χ3v) is 8.82. The summed E-state index contributed by atoms with van der Waals surface area (Å²) >= 11 is 1.41. The van der Waals surface area contributed by atoms with Gasteiger partial charge in [0.15, 0.2) is 12.4 Å². The van der Waals surface area contributed by atoms with Crippen LogP contribution >= 0.6 is 11.3 Å². The second kappa shape index (κ2) is 11.1. The van der Waals surface area contributed by atoms with E-state index >= 15 is 0 Å². The standard InChI is InChI=1S/C27H35F2N5O2S/c1-27(28,29)17-36-26-30-21-11-14-34(15-12-24(21)37-26)13-10-18-6-8-19(9-7-18)16-23(35)20-4-3-5-22-25(20)33(2)32-31-22/h3-5,18-19H,6-17H2,1-2H3. The summed E-state index contributed by atoms with van der Waals surface area (Å²) in [7, 11) is 1.83. The lowest BCUT2D eigenvalue weighted by molar-refractivity contribution is -0.0230. The van der Waals surface area contributed by atoms with Gasteiger partial charge in [-0.3, -0.25) is 4.79 Å². The predicted molar refractivity (Wildman–Crippen MR) is 140 cm³/mol. The molecule has 37 heavy (non-hydrogen) atoms. The summed E-state index contributed by atoms with van der Waals surface area (Å²) in [4.78, 5) is 21.2. The van der Waals surface area contributed by atoms with Crippen LogP contribution in [0.15, 0.2) is 18.2 Å². The number of carbonyl (C=O) groups excluding carboxylic acids is 1. The molecule has 5 rings (SSSR count). The van der Waals surface area contributed by atoms with E-state index in [1.165, 1.54) is 35.5 Å². The minimum Gasteiger partial charge on any atom is -0.464 e. The van der Waals surface area contributed by atoms with Gasteiger partial charge in [0, 0.05) is 50.3 Å². The first-order valence-electron chi connectivity index (χ1n) is 13.3. The fourth-order valence-corrected chi connectivity index (χ4v) is 6.60. The van der Waals surface area contributed by atoms with Crippen LogP contribution in [-0.2, 0) is 19.9 Å². The molecule has 0 N–H and O–H groups in total. The van der Waals surface area contributed by atoms with Crippen molar-refractivity contribution in [3.8, 4) is 5.19 Å². The third kappa shape index (κ3) is 6.52. The summed E-state index contributed by atoms with van der Waals surface area (Å²) in [6.45, 7) is 3.22. The Balaban J connectivity index is 1.04. The molecule has 200 valence electrons. The van der Waals surface area contributed by atoms with Crippen molar-refractivity contribution in [1.29, 1.82) is 0 Å². The number of hydrogen-bond acceptors (Lipinski definition) is 7. The van der Waals surface area contributed by atoms with Crippen LogP contribution in [0.4, 0.5) is 8.78 Å². The van der Waals surface area contributed by atoms with E-state index < -0.39 is 12.5 Å². The Morgan fingerprint density at radius 1 is 1.16 bits per heavy atom. The first kappa shape index (κ1) is 26.2. The van der Waals surface area contributed by atoms with Crippen molar-refractivity contribution in [2.75, 3.05) is 26.2 Å². The number of carbonyl (C=O) groups is 1. The smallest absolute Gasteiger partial charge is 0.278 e. The van der Waals surface area contributed by atoms with Crippen LogP contribution in [0, 0.1) is 11.8 Å². The van der Waals surface area contributed by atoms with Crippen LogP contribution < -0.4 is 4.74 Å². The number of rotatable bonds is 9. The van der Waals surface area contributed by atoms with E-state index in [2.05, 4.69) is 20.2 Å². The number of aryl methyl sites for hydroxylation is 1. The van der Waals surface area contributed by atoms with Gasteiger partial charge >= 0.3 is 0 Å². The number of para-hydroxylation sites is 1. The summed E-state index contributed by atoms with van der Waals surface area (Å²) in [5, 5.41) is 8.56. The average Bonchev–Trinajstić information content (AvgIpc) is 3.40. The fraction of sp³-hybridized carbons (Fsp3) is 0.630. The van der Waals surface area contributed by atoms with Gasteiger partial charge in [0.25, 0.3) is 11.1 Å². The molecule has 2 aliphatic rings. The lowest BCUT2D eigenvalue weighted by Crippen LogP contribution is -2.30. The summed E-state index contributed by atoms with van der Waals surface area (Å²) < 4.78 is 33.0. The summed E-state index contributed by atoms with van der Waals surface area (Å²) in [6, 6.07) is 5.68.